The van der Waals surface area contributed by atoms with Crippen LogP contribution in [0.4, 0.5) is 0 Å². The van der Waals surface area contributed by atoms with Crippen LogP contribution in [-0.2, 0) is 11.3 Å². The summed E-state index contributed by atoms with van der Waals surface area (Å²) in [6.45, 7) is 5.94. The van der Waals surface area contributed by atoms with Crippen LogP contribution in [0.3, 0.4) is 0 Å². The van der Waals surface area contributed by atoms with Crippen molar-refractivity contribution in [2.45, 2.75) is 32.9 Å². The second-order valence-electron chi connectivity index (χ2n) is 8.03. The van der Waals surface area contributed by atoms with E-state index in [0.29, 0.717) is 28.6 Å². The number of nitrogens with zero attached hydrogens (tertiary/aromatic N) is 2. The minimum atomic E-state index is -0.349. The number of ether oxygens (including phenoxy) is 2. The number of hydrogen-bond acceptors (Lipinski definition) is 6. The standard InChI is InChI=1S/C22H26BrN5O3S/c1-22(2,3)25-18(29)13-31-19-15(16(23)10-11-17(19)30-4)12-24-28-20(26-27-21(28)32)14-8-6-5-7-9-14/h5-11,24H,12-13H2,1-4H3,(H,25,29)(H,27,32). The molecule has 1 amide bonds. The van der Waals surface area contributed by atoms with Gasteiger partial charge in [0, 0.05) is 21.1 Å². The molecule has 0 spiro atoms. The van der Waals surface area contributed by atoms with Crippen molar-refractivity contribution in [1.29, 1.82) is 0 Å². The molecular weight excluding hydrogens is 494 g/mol. The van der Waals surface area contributed by atoms with Gasteiger partial charge in [0.05, 0.1) is 13.7 Å². The average Bonchev–Trinajstić information content (AvgIpc) is 3.11. The Morgan fingerprint density at radius 1 is 1.22 bits per heavy atom. The van der Waals surface area contributed by atoms with E-state index in [2.05, 4.69) is 36.9 Å². The summed E-state index contributed by atoms with van der Waals surface area (Å²) in [6.07, 6.45) is 0. The third-order valence-corrected chi connectivity index (χ3v) is 5.38. The lowest BCUT2D eigenvalue weighted by molar-refractivity contribution is -0.124. The largest absolute Gasteiger partial charge is 0.493 e. The quantitative estimate of drug-likeness (QED) is 0.381. The average molecular weight is 520 g/mol. The molecule has 3 aromatic rings. The van der Waals surface area contributed by atoms with Crippen LogP contribution in [0.5, 0.6) is 11.5 Å². The SMILES string of the molecule is COc1ccc(Br)c(CNn2c(-c3ccccc3)n[nH]c2=S)c1OCC(=O)NC(C)(C)C. The number of carbonyl (C=O) groups excluding carboxylic acids is 1. The number of rotatable bonds is 8. The summed E-state index contributed by atoms with van der Waals surface area (Å²) in [5.74, 6) is 1.42. The van der Waals surface area contributed by atoms with Gasteiger partial charge in [0.1, 0.15) is 0 Å². The Hall–Kier alpha value is -2.85. The number of hydrogen-bond donors (Lipinski definition) is 3. The fourth-order valence-electron chi connectivity index (χ4n) is 3.04. The molecule has 1 aromatic heterocycles. The van der Waals surface area contributed by atoms with Gasteiger partial charge in [0.25, 0.3) is 5.91 Å². The number of benzene rings is 2. The third kappa shape index (κ3) is 5.89. The van der Waals surface area contributed by atoms with Crippen molar-refractivity contribution in [2.24, 2.45) is 0 Å². The lowest BCUT2D eigenvalue weighted by Gasteiger charge is -2.22. The van der Waals surface area contributed by atoms with Gasteiger partial charge in [-0.3, -0.25) is 4.79 Å². The summed E-state index contributed by atoms with van der Waals surface area (Å²) in [7, 11) is 1.56. The highest BCUT2D eigenvalue weighted by Gasteiger charge is 2.19. The van der Waals surface area contributed by atoms with E-state index in [1.165, 1.54) is 0 Å². The van der Waals surface area contributed by atoms with Crippen LogP contribution in [0.2, 0.25) is 0 Å². The van der Waals surface area contributed by atoms with Gasteiger partial charge in [-0.15, -0.1) is 0 Å². The second-order valence-corrected chi connectivity index (χ2v) is 9.27. The van der Waals surface area contributed by atoms with Crippen LogP contribution in [-0.4, -0.2) is 40.0 Å². The van der Waals surface area contributed by atoms with Crippen LogP contribution in [0, 0.1) is 4.77 Å². The van der Waals surface area contributed by atoms with Crippen LogP contribution in [0.25, 0.3) is 11.4 Å². The van der Waals surface area contributed by atoms with Gasteiger partial charge in [-0.25, -0.2) is 9.77 Å². The lowest BCUT2D eigenvalue weighted by atomic mass is 10.1. The van der Waals surface area contributed by atoms with Gasteiger partial charge in [-0.1, -0.05) is 46.3 Å². The highest BCUT2D eigenvalue weighted by Crippen LogP contribution is 2.36. The smallest absolute Gasteiger partial charge is 0.258 e. The highest BCUT2D eigenvalue weighted by molar-refractivity contribution is 9.10. The number of H-pyrrole nitrogens is 1. The zero-order valence-electron chi connectivity index (χ0n) is 18.4. The molecule has 0 atom stereocenters. The van der Waals surface area contributed by atoms with Crippen molar-refractivity contribution in [1.82, 2.24) is 20.2 Å². The molecule has 0 aliphatic carbocycles. The van der Waals surface area contributed by atoms with E-state index < -0.39 is 0 Å². The first-order valence-electron chi connectivity index (χ1n) is 9.95. The maximum atomic E-state index is 12.3. The molecule has 3 N–H and O–H groups in total. The first-order valence-corrected chi connectivity index (χ1v) is 11.2. The van der Waals surface area contributed by atoms with Crippen LogP contribution in [0.1, 0.15) is 26.3 Å². The van der Waals surface area contributed by atoms with Gasteiger partial charge in [0.15, 0.2) is 23.9 Å². The minimum absolute atomic E-state index is 0.141. The number of amides is 1. The van der Waals surface area contributed by atoms with Crippen LogP contribution in [0.15, 0.2) is 46.9 Å². The topological polar surface area (TPSA) is 93.2 Å². The molecule has 0 saturated heterocycles. The Morgan fingerprint density at radius 3 is 2.59 bits per heavy atom. The lowest BCUT2D eigenvalue weighted by Crippen LogP contribution is -2.43. The molecule has 0 saturated carbocycles. The molecule has 3 rings (SSSR count). The first-order chi connectivity index (χ1) is 15.2. The van der Waals surface area contributed by atoms with E-state index in [9.17, 15) is 4.79 Å². The van der Waals surface area contributed by atoms with E-state index in [1.807, 2.05) is 57.2 Å². The van der Waals surface area contributed by atoms with E-state index >= 15 is 0 Å². The molecule has 0 aliphatic heterocycles. The Kier molecular flexibility index (Phi) is 7.57. The number of nitrogens with one attached hydrogen (secondary N) is 3. The molecular formula is C22H26BrN5O3S. The Bertz CT molecular complexity index is 1140. The van der Waals surface area contributed by atoms with E-state index in [0.717, 1.165) is 15.6 Å². The van der Waals surface area contributed by atoms with Gasteiger partial charge in [0.2, 0.25) is 4.77 Å². The molecule has 32 heavy (non-hydrogen) atoms. The number of methoxy groups -OCH3 is 1. The van der Waals surface area contributed by atoms with Crippen molar-refractivity contribution in [2.75, 3.05) is 19.1 Å². The van der Waals surface area contributed by atoms with E-state index in [1.54, 1.807) is 17.9 Å². The number of aromatic amines is 1. The van der Waals surface area contributed by atoms with Crippen LogP contribution >= 0.6 is 28.1 Å². The summed E-state index contributed by atoms with van der Waals surface area (Å²) < 4.78 is 14.3. The fourth-order valence-corrected chi connectivity index (χ4v) is 3.69. The molecule has 8 nitrogen and oxygen atoms in total. The molecule has 0 fully saturated rings. The zero-order valence-corrected chi connectivity index (χ0v) is 20.8. The molecule has 10 heteroatoms. The molecule has 170 valence electrons. The minimum Gasteiger partial charge on any atom is -0.493 e. The highest BCUT2D eigenvalue weighted by atomic mass is 79.9. The van der Waals surface area contributed by atoms with Crippen molar-refractivity contribution < 1.29 is 14.3 Å². The first kappa shape index (κ1) is 23.8. The normalized spacial score (nSPS) is 11.2. The second kappa shape index (κ2) is 10.2. The van der Waals surface area contributed by atoms with Crippen molar-refractivity contribution >= 4 is 34.1 Å². The Morgan fingerprint density at radius 2 is 1.94 bits per heavy atom. The van der Waals surface area contributed by atoms with Crippen LogP contribution < -0.4 is 20.2 Å². The Labute approximate surface area is 200 Å². The molecule has 0 radical (unpaired) electrons. The zero-order chi connectivity index (χ0) is 23.3. The molecule has 0 aliphatic rings. The number of carbonyl (C=O) groups is 1. The van der Waals surface area contributed by atoms with Crippen molar-refractivity contribution in [3.8, 4) is 22.9 Å². The summed E-state index contributed by atoms with van der Waals surface area (Å²) in [5.41, 5.74) is 4.62. The van der Waals surface area contributed by atoms with Crippen molar-refractivity contribution in [3.05, 3.63) is 57.3 Å². The molecule has 2 aromatic carbocycles. The van der Waals surface area contributed by atoms with Crippen molar-refractivity contribution in [3.63, 3.8) is 0 Å². The van der Waals surface area contributed by atoms with Gasteiger partial charge < -0.3 is 20.2 Å². The number of halogens is 1. The third-order valence-electron chi connectivity index (χ3n) is 4.37. The summed E-state index contributed by atoms with van der Waals surface area (Å²) in [6, 6.07) is 13.4. The molecule has 1 heterocycles. The van der Waals surface area contributed by atoms with Gasteiger partial charge >= 0.3 is 0 Å². The van der Waals surface area contributed by atoms with Gasteiger partial charge in [-0.05, 0) is 45.1 Å². The Balaban J connectivity index is 1.85. The van der Waals surface area contributed by atoms with Gasteiger partial charge in [-0.2, -0.15) is 5.10 Å². The summed E-state index contributed by atoms with van der Waals surface area (Å²) in [5, 5.41) is 10.0. The van der Waals surface area contributed by atoms with E-state index in [-0.39, 0.29) is 18.1 Å². The number of aromatic nitrogens is 3. The predicted octanol–water partition coefficient (Wildman–Crippen LogP) is 4.42. The van der Waals surface area contributed by atoms with E-state index in [4.69, 9.17) is 21.7 Å². The predicted molar refractivity (Wildman–Crippen MR) is 130 cm³/mol. The summed E-state index contributed by atoms with van der Waals surface area (Å²) >= 11 is 8.98. The molecule has 0 bridgehead atoms. The maximum absolute atomic E-state index is 12.3. The summed E-state index contributed by atoms with van der Waals surface area (Å²) in [4.78, 5) is 12.3. The molecule has 0 unspecified atom stereocenters. The maximum Gasteiger partial charge on any atom is 0.258 e. The monoisotopic (exact) mass is 519 g/mol. The fraction of sp³-hybridized carbons (Fsp3) is 0.318.